The van der Waals surface area contributed by atoms with Crippen LogP contribution >= 0.6 is 136 Å². The molecule has 16 N–H and O–H groups in total. The maximum atomic E-state index is 12.6. The highest BCUT2D eigenvalue weighted by Crippen LogP contribution is 2.35. The van der Waals surface area contributed by atoms with Gasteiger partial charge in [0.25, 0.3) is 23.6 Å². The molecular formula is C28H36I6N6O12. The number of halogens is 6. The highest BCUT2D eigenvalue weighted by Gasteiger charge is 2.29. The lowest BCUT2D eigenvalue weighted by Crippen LogP contribution is -2.42. The molecule has 2 aromatic carbocycles. The molecule has 0 fully saturated rings. The second-order valence-electron chi connectivity index (χ2n) is 10.4. The van der Waals surface area contributed by atoms with Crippen molar-refractivity contribution >= 4 is 171 Å². The summed E-state index contributed by atoms with van der Waals surface area (Å²) in [7, 11) is 0. The molecule has 0 aliphatic rings. The van der Waals surface area contributed by atoms with E-state index in [0.717, 1.165) is 0 Å². The summed E-state index contributed by atoms with van der Waals surface area (Å²) in [6, 6.07) is -1.69. The van der Waals surface area contributed by atoms with E-state index in [0.29, 0.717) is 21.4 Å². The van der Waals surface area contributed by atoms with E-state index in [9.17, 15) is 29.4 Å². The molecule has 0 spiro atoms. The van der Waals surface area contributed by atoms with Crippen LogP contribution in [0.4, 0.5) is 11.4 Å². The van der Waals surface area contributed by atoms with Gasteiger partial charge in [0, 0.05) is 20.2 Å². The van der Waals surface area contributed by atoms with Gasteiger partial charge in [-0.25, -0.2) is 0 Å². The average molecular weight is 1410 g/mol. The summed E-state index contributed by atoms with van der Waals surface area (Å²) in [6.07, 6.45) is -2.20. The van der Waals surface area contributed by atoms with Gasteiger partial charge in [-0.1, -0.05) is 0 Å². The van der Waals surface area contributed by atoms with Gasteiger partial charge in [0.2, 0.25) is 0 Å². The molecule has 2 unspecified atom stereocenters. The molecule has 0 saturated heterocycles. The molecular weight excluding hydrogens is 1370 g/mol. The number of anilines is 2. The summed E-state index contributed by atoms with van der Waals surface area (Å²) in [5, 5.41) is 82.9. The Morgan fingerprint density at radius 1 is 0.462 bits per heavy atom. The van der Waals surface area contributed by atoms with E-state index in [2.05, 4.69) is 21.3 Å². The second kappa shape index (κ2) is 24.6. The van der Waals surface area contributed by atoms with Crippen molar-refractivity contribution in [3.05, 3.63) is 43.7 Å². The Kier molecular flexibility index (Phi) is 23.6. The Morgan fingerprint density at radius 2 is 0.712 bits per heavy atom. The molecule has 18 nitrogen and oxygen atoms in total. The van der Waals surface area contributed by atoms with E-state index in [1.54, 1.807) is 0 Å². The highest BCUT2D eigenvalue weighted by atomic mass is 127. The van der Waals surface area contributed by atoms with Gasteiger partial charge < -0.3 is 73.6 Å². The van der Waals surface area contributed by atoms with Crippen LogP contribution in [0.25, 0.3) is 0 Å². The summed E-state index contributed by atoms with van der Waals surface area (Å²) in [5.74, 6) is -2.27. The number of nitrogens with one attached hydrogen (secondary N) is 4. The van der Waals surface area contributed by atoms with E-state index in [-0.39, 0.29) is 46.7 Å². The first kappa shape index (κ1) is 50.0. The Labute approximate surface area is 379 Å². The van der Waals surface area contributed by atoms with Crippen molar-refractivity contribution in [2.75, 3.05) is 64.2 Å². The molecule has 0 bridgehead atoms. The lowest BCUT2D eigenvalue weighted by atomic mass is 10.1. The smallest absolute Gasteiger partial charge is 0.253 e. The fraction of sp³-hybridized carbons (Fsp3) is 0.429. The van der Waals surface area contributed by atoms with Gasteiger partial charge in [0.1, 0.15) is 0 Å². The normalized spacial score (nSPS) is 12.2. The summed E-state index contributed by atoms with van der Waals surface area (Å²) in [6.45, 7) is -3.09. The van der Waals surface area contributed by atoms with Gasteiger partial charge in [0.15, 0.2) is 0 Å². The van der Waals surface area contributed by atoms with E-state index in [4.69, 9.17) is 42.1 Å². The Morgan fingerprint density at radius 3 is 0.942 bits per heavy atom. The van der Waals surface area contributed by atoms with E-state index < -0.39 is 87.6 Å². The number of nitrogens with two attached hydrogens (primary N) is 2. The average Bonchev–Trinajstić information content (AvgIpc) is 3.12. The fourth-order valence-corrected chi connectivity index (χ4v) is 12.0. The van der Waals surface area contributed by atoms with Crippen molar-refractivity contribution in [2.24, 2.45) is 0 Å². The third-order valence-electron chi connectivity index (χ3n) is 6.58. The number of benzene rings is 2. The van der Waals surface area contributed by atoms with Crippen LogP contribution in [0, 0.1) is 21.4 Å². The maximum Gasteiger partial charge on any atom is 0.253 e. The molecule has 292 valence electrons. The number of hydrogen-bond acceptors (Lipinski definition) is 14. The predicted octanol–water partition coefficient (Wildman–Crippen LogP) is -1.50. The number of amides is 4. The van der Waals surface area contributed by atoms with Gasteiger partial charge in [-0.05, 0) is 136 Å². The van der Waals surface area contributed by atoms with Crippen molar-refractivity contribution in [3.8, 4) is 0 Å². The molecule has 2 atom stereocenters. The molecule has 52 heavy (non-hydrogen) atoms. The number of aliphatic hydroxyl groups excluding tert-OH is 8. The van der Waals surface area contributed by atoms with E-state index >= 15 is 0 Å². The molecule has 0 radical (unpaired) electrons. The van der Waals surface area contributed by atoms with Crippen molar-refractivity contribution in [1.82, 2.24) is 21.3 Å². The minimum Gasteiger partial charge on any atom is -0.397 e. The van der Waals surface area contributed by atoms with Crippen LogP contribution in [0.5, 0.6) is 0 Å². The SMILES string of the molecule is Nc1c(I)c(C(=O)NC(CO)CO)c(I)c(C(=O)NC(CO)CO)c1I.Nc1c(I)c(C(=O)NCC(O)CO)c(I)c(C(=O)NCC(O)CO)c1I. The lowest BCUT2D eigenvalue weighted by molar-refractivity contribution is 0.0797. The zero-order valence-corrected chi connectivity index (χ0v) is 39.5. The molecule has 4 amide bonds. The minimum absolute atomic E-state index is 0.144. The molecule has 2 aromatic rings. The standard InChI is InChI=1S/2C14H18I3N3O6/c15-9-7(13(25)19-1-5(23)3-21)10(16)12(18)11(17)8(9)14(26)20-2-6(24)4-22;15-9-7(13(25)19-5(1-21)2-22)10(16)12(18)11(17)8(9)14(26)20-6(3-23)4-24/h2*5-6,21-24H,1-4,18H2,(H,19,25)(H,20,26). The van der Waals surface area contributed by atoms with Crippen molar-refractivity contribution < 1.29 is 60.0 Å². The second-order valence-corrected chi connectivity index (χ2v) is 16.8. The first-order chi connectivity index (χ1) is 24.4. The summed E-state index contributed by atoms with van der Waals surface area (Å²) < 4.78 is 2.46. The number of carbonyl (C=O) groups excluding carboxylic acids is 4. The van der Waals surface area contributed by atoms with Crippen LogP contribution in [-0.4, -0.2) is 142 Å². The fourth-order valence-electron chi connectivity index (χ4n) is 3.70. The summed E-state index contributed by atoms with van der Waals surface area (Å²) in [4.78, 5) is 50.1. The van der Waals surface area contributed by atoms with E-state index in [1.807, 2.05) is 136 Å². The molecule has 0 saturated carbocycles. The van der Waals surface area contributed by atoms with Crippen LogP contribution in [-0.2, 0) is 0 Å². The number of aliphatic hydroxyl groups is 8. The summed E-state index contributed by atoms with van der Waals surface area (Å²) in [5.41, 5.74) is 13.2. The third kappa shape index (κ3) is 13.6. The van der Waals surface area contributed by atoms with Gasteiger partial charge in [-0.2, -0.15) is 0 Å². The van der Waals surface area contributed by atoms with E-state index in [1.165, 1.54) is 0 Å². The van der Waals surface area contributed by atoms with Crippen molar-refractivity contribution in [2.45, 2.75) is 24.3 Å². The number of carbonyl (C=O) groups is 4. The monoisotopic (exact) mass is 1410 g/mol. The van der Waals surface area contributed by atoms with Crippen molar-refractivity contribution in [1.29, 1.82) is 0 Å². The molecule has 0 heterocycles. The first-order valence-electron chi connectivity index (χ1n) is 14.5. The van der Waals surface area contributed by atoms with Gasteiger partial charge in [0.05, 0.1) is 112 Å². The zero-order chi connectivity index (χ0) is 40.0. The summed E-state index contributed by atoms with van der Waals surface area (Å²) >= 11 is 11.3. The van der Waals surface area contributed by atoms with Crippen LogP contribution < -0.4 is 32.7 Å². The highest BCUT2D eigenvalue weighted by molar-refractivity contribution is 14.1. The maximum absolute atomic E-state index is 12.6. The Hall–Kier alpha value is -0.0200. The molecule has 0 aliphatic heterocycles. The zero-order valence-electron chi connectivity index (χ0n) is 26.6. The number of rotatable bonds is 16. The Balaban J connectivity index is 0.000000520. The number of nitrogen functional groups attached to an aromatic ring is 2. The van der Waals surface area contributed by atoms with Crippen LogP contribution in [0.3, 0.4) is 0 Å². The minimum atomic E-state index is -1.10. The van der Waals surface area contributed by atoms with Gasteiger partial charge >= 0.3 is 0 Å². The van der Waals surface area contributed by atoms with Gasteiger partial charge in [-0.15, -0.1) is 0 Å². The van der Waals surface area contributed by atoms with Crippen LogP contribution in [0.15, 0.2) is 0 Å². The number of hydrogen-bond donors (Lipinski definition) is 14. The van der Waals surface area contributed by atoms with Crippen LogP contribution in [0.2, 0.25) is 0 Å². The van der Waals surface area contributed by atoms with Crippen LogP contribution in [0.1, 0.15) is 41.4 Å². The molecule has 0 aromatic heterocycles. The quantitative estimate of drug-likeness (QED) is 0.0673. The largest absolute Gasteiger partial charge is 0.397 e. The Bertz CT molecular complexity index is 1490. The van der Waals surface area contributed by atoms with Gasteiger partial charge in [-0.3, -0.25) is 19.2 Å². The topological polar surface area (TPSA) is 330 Å². The third-order valence-corrected chi connectivity index (χ3v) is 13.2. The van der Waals surface area contributed by atoms with Crippen molar-refractivity contribution in [3.63, 3.8) is 0 Å². The molecule has 0 aliphatic carbocycles. The molecule has 2 rings (SSSR count). The first-order valence-corrected chi connectivity index (χ1v) is 21.0. The molecule has 24 heteroatoms. The predicted molar refractivity (Wildman–Crippen MR) is 240 cm³/mol. The lowest BCUT2D eigenvalue weighted by Gasteiger charge is -2.20.